The summed E-state index contributed by atoms with van der Waals surface area (Å²) < 4.78 is 10.1. The van der Waals surface area contributed by atoms with Gasteiger partial charge in [-0.05, 0) is 0 Å². The molecule has 0 atom stereocenters. The Hall–Kier alpha value is -1.72. The van der Waals surface area contributed by atoms with Gasteiger partial charge in [0.2, 0.25) is 11.8 Å². The van der Waals surface area contributed by atoms with Gasteiger partial charge in [0.25, 0.3) is 0 Å². The SMILES string of the molecule is CC(C)c1noc(C(C)C)n1.CC(C)c1noc(C(C)C)n1. The molecule has 0 aliphatic rings. The van der Waals surface area contributed by atoms with Crippen molar-refractivity contribution < 1.29 is 9.05 Å². The summed E-state index contributed by atoms with van der Waals surface area (Å²) in [6, 6.07) is 0. The van der Waals surface area contributed by atoms with Gasteiger partial charge in [0.1, 0.15) is 0 Å². The molecule has 0 aliphatic carbocycles. The minimum Gasteiger partial charge on any atom is -0.339 e. The van der Waals surface area contributed by atoms with Crippen LogP contribution in [0.25, 0.3) is 0 Å². The predicted molar refractivity (Wildman–Crippen MR) is 85.0 cm³/mol. The molecule has 0 bridgehead atoms. The lowest BCUT2D eigenvalue weighted by molar-refractivity contribution is 0.359. The van der Waals surface area contributed by atoms with E-state index in [4.69, 9.17) is 9.05 Å². The van der Waals surface area contributed by atoms with E-state index in [9.17, 15) is 0 Å². The molecule has 2 heterocycles. The largest absolute Gasteiger partial charge is 0.339 e. The van der Waals surface area contributed by atoms with E-state index in [0.29, 0.717) is 23.7 Å². The summed E-state index contributed by atoms with van der Waals surface area (Å²) in [7, 11) is 0. The Labute approximate surface area is 132 Å². The minimum absolute atomic E-state index is 0.329. The molecule has 6 heteroatoms. The van der Waals surface area contributed by atoms with E-state index in [1.165, 1.54) is 0 Å². The summed E-state index contributed by atoms with van der Waals surface area (Å²) in [5, 5.41) is 7.70. The zero-order valence-corrected chi connectivity index (χ0v) is 14.9. The van der Waals surface area contributed by atoms with Crippen LogP contribution in [0, 0.1) is 0 Å². The highest BCUT2D eigenvalue weighted by Gasteiger charge is 2.12. The molecule has 2 rings (SSSR count). The third kappa shape index (κ3) is 5.24. The number of hydrogen-bond donors (Lipinski definition) is 0. The lowest BCUT2D eigenvalue weighted by Gasteiger charge is -1.94. The average molecular weight is 308 g/mol. The third-order valence-corrected chi connectivity index (χ3v) is 2.94. The second kappa shape index (κ2) is 8.06. The number of aromatic nitrogens is 4. The first-order chi connectivity index (χ1) is 10.2. The molecule has 0 fully saturated rings. The van der Waals surface area contributed by atoms with Crippen molar-refractivity contribution in [1.29, 1.82) is 0 Å². The summed E-state index contributed by atoms with van der Waals surface area (Å²) in [4.78, 5) is 8.46. The Kier molecular flexibility index (Phi) is 6.71. The zero-order chi connectivity index (χ0) is 16.9. The topological polar surface area (TPSA) is 77.8 Å². The van der Waals surface area contributed by atoms with E-state index in [1.54, 1.807) is 0 Å². The summed E-state index contributed by atoms with van der Waals surface area (Å²) in [5.41, 5.74) is 0. The maximum absolute atomic E-state index is 5.03. The number of hydrogen-bond acceptors (Lipinski definition) is 6. The van der Waals surface area contributed by atoms with Gasteiger partial charge in [0.15, 0.2) is 11.6 Å². The molecule has 0 unspecified atom stereocenters. The molecule has 6 nitrogen and oxygen atoms in total. The second-order valence-electron chi connectivity index (χ2n) is 6.60. The molecule has 0 spiro atoms. The maximum Gasteiger partial charge on any atom is 0.229 e. The van der Waals surface area contributed by atoms with Crippen molar-refractivity contribution in [3.63, 3.8) is 0 Å². The molecule has 0 amide bonds. The van der Waals surface area contributed by atoms with Gasteiger partial charge in [-0.15, -0.1) is 0 Å². The van der Waals surface area contributed by atoms with Gasteiger partial charge >= 0.3 is 0 Å². The highest BCUT2D eigenvalue weighted by molar-refractivity contribution is 4.95. The standard InChI is InChI=1S/2C8H14N2O/c2*1-5(2)7-9-8(6(3)4)11-10-7/h2*5-6H,1-4H3. The van der Waals surface area contributed by atoms with E-state index in [2.05, 4.69) is 48.0 Å². The lowest BCUT2D eigenvalue weighted by Crippen LogP contribution is -1.91. The van der Waals surface area contributed by atoms with E-state index in [1.807, 2.05) is 27.7 Å². The van der Waals surface area contributed by atoms with Crippen molar-refractivity contribution in [2.75, 3.05) is 0 Å². The van der Waals surface area contributed by atoms with Gasteiger partial charge in [0, 0.05) is 23.7 Å². The Morgan fingerprint density at radius 2 is 0.864 bits per heavy atom. The number of nitrogens with zero attached hydrogens (tertiary/aromatic N) is 4. The molecule has 22 heavy (non-hydrogen) atoms. The number of rotatable bonds is 4. The molecule has 124 valence electrons. The van der Waals surface area contributed by atoms with Crippen LogP contribution in [0.5, 0.6) is 0 Å². The normalized spacial score (nSPS) is 11.5. The van der Waals surface area contributed by atoms with E-state index in [-0.39, 0.29) is 0 Å². The molecule has 0 saturated carbocycles. The quantitative estimate of drug-likeness (QED) is 0.819. The highest BCUT2D eigenvalue weighted by Crippen LogP contribution is 2.16. The van der Waals surface area contributed by atoms with Crippen LogP contribution in [0.2, 0.25) is 0 Å². The summed E-state index contributed by atoms with van der Waals surface area (Å²) in [6.45, 7) is 16.4. The smallest absolute Gasteiger partial charge is 0.229 e. The first-order valence-corrected chi connectivity index (χ1v) is 7.89. The molecule has 2 aromatic heterocycles. The fourth-order valence-corrected chi connectivity index (χ4v) is 1.43. The summed E-state index contributed by atoms with van der Waals surface area (Å²) >= 11 is 0. The predicted octanol–water partition coefficient (Wildman–Crippen LogP) is 4.63. The molecule has 0 saturated heterocycles. The molecular weight excluding hydrogens is 280 g/mol. The average Bonchev–Trinajstić information content (AvgIpc) is 3.09. The van der Waals surface area contributed by atoms with Crippen LogP contribution >= 0.6 is 0 Å². The van der Waals surface area contributed by atoms with Crippen LogP contribution < -0.4 is 0 Å². The van der Waals surface area contributed by atoms with E-state index in [0.717, 1.165) is 23.4 Å². The maximum atomic E-state index is 5.03. The Morgan fingerprint density at radius 1 is 0.545 bits per heavy atom. The molecule has 0 aromatic carbocycles. The van der Waals surface area contributed by atoms with E-state index >= 15 is 0 Å². The van der Waals surface area contributed by atoms with Gasteiger partial charge in [-0.1, -0.05) is 65.7 Å². The molecule has 2 aromatic rings. The van der Waals surface area contributed by atoms with Gasteiger partial charge in [-0.25, -0.2) is 0 Å². The van der Waals surface area contributed by atoms with Crippen molar-refractivity contribution >= 4 is 0 Å². The van der Waals surface area contributed by atoms with Crippen LogP contribution in [0.1, 0.15) is 102 Å². The lowest BCUT2D eigenvalue weighted by atomic mass is 10.2. The molecule has 0 N–H and O–H groups in total. The van der Waals surface area contributed by atoms with Crippen molar-refractivity contribution in [1.82, 2.24) is 20.3 Å². The van der Waals surface area contributed by atoms with Crippen LogP contribution in [-0.2, 0) is 0 Å². The Bertz CT molecular complexity index is 461. The fourth-order valence-electron chi connectivity index (χ4n) is 1.43. The Balaban J connectivity index is 0.000000220. The summed E-state index contributed by atoms with van der Waals surface area (Å²) in [5.74, 6) is 4.42. The molecule has 0 aliphatic heterocycles. The van der Waals surface area contributed by atoms with Crippen LogP contribution in [0.15, 0.2) is 9.05 Å². The monoisotopic (exact) mass is 308 g/mol. The minimum atomic E-state index is 0.329. The first-order valence-electron chi connectivity index (χ1n) is 7.89. The molecular formula is C16H28N4O2. The molecule has 0 radical (unpaired) electrons. The zero-order valence-electron chi connectivity index (χ0n) is 14.9. The highest BCUT2D eigenvalue weighted by atomic mass is 16.5. The van der Waals surface area contributed by atoms with Crippen molar-refractivity contribution in [2.45, 2.75) is 79.1 Å². The van der Waals surface area contributed by atoms with Crippen molar-refractivity contribution in [3.05, 3.63) is 23.4 Å². The van der Waals surface area contributed by atoms with E-state index < -0.39 is 0 Å². The van der Waals surface area contributed by atoms with Gasteiger partial charge in [0.05, 0.1) is 0 Å². The third-order valence-electron chi connectivity index (χ3n) is 2.94. The van der Waals surface area contributed by atoms with Crippen molar-refractivity contribution in [3.8, 4) is 0 Å². The van der Waals surface area contributed by atoms with Gasteiger partial charge < -0.3 is 9.05 Å². The van der Waals surface area contributed by atoms with Gasteiger partial charge in [-0.2, -0.15) is 9.97 Å². The second-order valence-corrected chi connectivity index (χ2v) is 6.60. The summed E-state index contributed by atoms with van der Waals surface area (Å²) in [6.07, 6.45) is 0. The van der Waals surface area contributed by atoms with Gasteiger partial charge in [-0.3, -0.25) is 0 Å². The first kappa shape index (κ1) is 18.3. The van der Waals surface area contributed by atoms with Crippen LogP contribution in [0.4, 0.5) is 0 Å². The van der Waals surface area contributed by atoms with Crippen molar-refractivity contribution in [2.24, 2.45) is 0 Å². The Morgan fingerprint density at radius 3 is 1.00 bits per heavy atom. The van der Waals surface area contributed by atoms with Crippen LogP contribution in [-0.4, -0.2) is 20.3 Å². The fraction of sp³-hybridized carbons (Fsp3) is 0.750. The van der Waals surface area contributed by atoms with Crippen LogP contribution in [0.3, 0.4) is 0 Å².